The molecular formula is C52H47Cl4LiN10O2S2. The molecule has 0 radical (unpaired) electrons. The Morgan fingerprint density at radius 1 is 0.704 bits per heavy atom. The van der Waals surface area contributed by atoms with Crippen molar-refractivity contribution in [3.05, 3.63) is 144 Å². The van der Waals surface area contributed by atoms with E-state index in [1.807, 2.05) is 74.5 Å². The van der Waals surface area contributed by atoms with E-state index in [4.69, 9.17) is 64.5 Å². The molecule has 12 nitrogen and oxygen atoms in total. The molecule has 4 aromatic heterocycles. The molecule has 1 N–H and O–H groups in total. The fourth-order valence-corrected chi connectivity index (χ4v) is 9.15. The molecule has 0 saturated carbocycles. The van der Waals surface area contributed by atoms with Gasteiger partial charge < -0.3 is 5.32 Å². The number of aromatic nitrogens is 8. The average molecular weight is 1060 g/mol. The summed E-state index contributed by atoms with van der Waals surface area (Å²) in [6.45, 7) is 12.3. The van der Waals surface area contributed by atoms with E-state index in [1.165, 1.54) is 22.7 Å². The van der Waals surface area contributed by atoms with Gasteiger partial charge in [0.25, 0.3) is 0 Å². The van der Waals surface area contributed by atoms with Gasteiger partial charge in [0, 0.05) is 24.6 Å². The Labute approximate surface area is 456 Å². The van der Waals surface area contributed by atoms with Crippen LogP contribution in [0.25, 0.3) is 26.7 Å². The van der Waals surface area contributed by atoms with Crippen molar-refractivity contribution >= 4 is 81.1 Å². The predicted octanol–water partition coefficient (Wildman–Crippen LogP) is 9.12. The second-order valence-electron chi connectivity index (χ2n) is 14.6. The van der Waals surface area contributed by atoms with Gasteiger partial charge in [-0.3, -0.25) is 9.59 Å². The van der Waals surface area contributed by atoms with Crippen molar-refractivity contribution in [2.45, 2.75) is 79.4 Å². The quantitative estimate of drug-likeness (QED) is 0.0521. The molecule has 358 valence electrons. The molecule has 8 rings (SSSR count). The maximum atomic E-state index is 10.4. The van der Waals surface area contributed by atoms with Gasteiger partial charge in [-0.25, -0.2) is 0 Å². The van der Waals surface area contributed by atoms with Crippen molar-refractivity contribution in [2.24, 2.45) is 0 Å². The van der Waals surface area contributed by atoms with Gasteiger partial charge in [-0.2, -0.15) is 9.63 Å². The summed E-state index contributed by atoms with van der Waals surface area (Å²) in [5, 5.41) is 32.3. The smallest absolute Gasteiger partial charge is 0.658 e. The molecule has 0 atom stereocenters. The second-order valence-corrected chi connectivity index (χ2v) is 18.6. The first-order valence-electron chi connectivity index (χ1n) is 20.7. The Hall–Kier alpha value is -6.14. The molecule has 0 bridgehead atoms. The average Bonchev–Trinajstić information content (AvgIpc) is 4.21. The van der Waals surface area contributed by atoms with Gasteiger partial charge in [0.1, 0.15) is 4.34 Å². The number of benzene rings is 3. The number of imide groups is 1. The van der Waals surface area contributed by atoms with Gasteiger partial charge in [-0.05, 0) is 106 Å². The minimum absolute atomic E-state index is 0. The van der Waals surface area contributed by atoms with Crippen LogP contribution in [0, 0.1) is 74.1 Å². The van der Waals surface area contributed by atoms with Crippen molar-refractivity contribution in [1.82, 2.24) is 45.3 Å². The molecule has 7 aromatic rings. The summed E-state index contributed by atoms with van der Waals surface area (Å²) in [4.78, 5) is 24.2. The number of rotatable bonds is 8. The van der Waals surface area contributed by atoms with E-state index in [0.29, 0.717) is 41.8 Å². The zero-order valence-corrected chi connectivity index (χ0v) is 43.8. The molecule has 1 aliphatic heterocycles. The molecule has 5 heterocycles. The molecule has 71 heavy (non-hydrogen) atoms. The van der Waals surface area contributed by atoms with Crippen LogP contribution in [0.4, 0.5) is 0 Å². The summed E-state index contributed by atoms with van der Waals surface area (Å²) in [5.41, 5.74) is 4.31. The van der Waals surface area contributed by atoms with E-state index in [0.717, 1.165) is 37.6 Å². The van der Waals surface area contributed by atoms with Crippen LogP contribution in [0.15, 0.2) is 97.1 Å². The molecule has 0 unspecified atom stereocenters. The molecule has 2 amide bonds. The van der Waals surface area contributed by atoms with Crippen LogP contribution >= 0.6 is 69.3 Å². The standard InChI is InChI=1S/C25H19ClN4S.C10H2.C6H4Cl2N4S.C6H14N.C4H4ClNO2.CH4.Li/c1-18-17-22(26)31-23(18)24-27-29-30(28-24)25(19-11-5-2-6-12-19,20-13-7-3-8-14-20)21-15-9-4-10-16-21;1-3-5-7-9-10-8-6-4-2;1-2-3(7)5(8)13-4(2)6-9-11-12-10-6;1-5(2)7-6(3)4;5-6-3(7)1-2-4(6)8;;/h2-17H,1H3;1-2H;1H3,(H,9,10,11,12);5-6H,1-4H3;1-2H2;1H4;/q;;;-1;;;+1. The number of hydrogen-bond acceptors (Lipinski definition) is 10. The van der Waals surface area contributed by atoms with Gasteiger partial charge in [-0.15, -0.1) is 72.8 Å². The topological polar surface area (TPSA) is 150 Å². The number of nitrogens with zero attached hydrogens (tertiary/aromatic N) is 9. The first-order chi connectivity index (χ1) is 33.1. The molecule has 1 aliphatic rings. The largest absolute Gasteiger partial charge is 1.00 e. The summed E-state index contributed by atoms with van der Waals surface area (Å²) in [7, 11) is 0. The molecule has 1 saturated heterocycles. The number of aryl methyl sites for hydroxylation is 1. The first-order valence-corrected chi connectivity index (χ1v) is 23.8. The minimum Gasteiger partial charge on any atom is -0.658 e. The molecule has 0 aliphatic carbocycles. The molecular weight excluding hydrogens is 1010 g/mol. The van der Waals surface area contributed by atoms with E-state index < -0.39 is 5.54 Å². The van der Waals surface area contributed by atoms with Crippen LogP contribution in [0.1, 0.15) is 75.8 Å². The van der Waals surface area contributed by atoms with Crippen molar-refractivity contribution in [3.63, 3.8) is 0 Å². The number of tetrazole rings is 2. The Bertz CT molecular complexity index is 2900. The Balaban J connectivity index is 0.000000356. The maximum Gasteiger partial charge on any atom is 1.00 e. The van der Waals surface area contributed by atoms with E-state index in [-0.39, 0.29) is 50.9 Å². The third-order valence-electron chi connectivity index (χ3n) is 9.01. The number of thiophene rings is 2. The zero-order chi connectivity index (χ0) is 50.3. The van der Waals surface area contributed by atoms with Gasteiger partial charge in [0.05, 0.1) is 19.1 Å². The number of amides is 2. The summed E-state index contributed by atoms with van der Waals surface area (Å²) in [6.07, 6.45) is 10.2. The normalized spacial score (nSPS) is 10.9. The number of aromatic amines is 1. The predicted molar refractivity (Wildman–Crippen MR) is 286 cm³/mol. The summed E-state index contributed by atoms with van der Waals surface area (Å²) >= 11 is 26.0. The van der Waals surface area contributed by atoms with E-state index in [9.17, 15) is 9.59 Å². The number of carbonyl (C=O) groups excluding carboxylic acids is 2. The van der Waals surface area contributed by atoms with E-state index in [2.05, 4.69) is 148 Å². The Kier molecular flexibility index (Phi) is 26.8. The number of terminal acetylenes is 2. The SMILES string of the molecule is C.C#CC#CC#CC#CC#C.CC(C)[N-]C(C)C.Cc1c(-c2nn[nH]n2)sc(Cl)c1Cl.Cc1cc(Cl)sc1-c1nnn(C(c2ccccc2)(c2ccccc2)c2ccccc2)n1.O=C1CCC(=O)N1Cl.[Li+]. The van der Waals surface area contributed by atoms with Crippen LogP contribution in [-0.2, 0) is 15.1 Å². The monoisotopic (exact) mass is 1050 g/mol. The van der Waals surface area contributed by atoms with Crippen LogP contribution < -0.4 is 18.9 Å². The summed E-state index contributed by atoms with van der Waals surface area (Å²) in [5.74, 6) is 18.9. The van der Waals surface area contributed by atoms with Crippen LogP contribution in [-0.4, -0.2) is 69.1 Å². The van der Waals surface area contributed by atoms with Crippen LogP contribution in [0.2, 0.25) is 13.7 Å². The first kappa shape index (κ1) is 61.0. The number of nitrogens with one attached hydrogen (secondary N) is 1. The van der Waals surface area contributed by atoms with Gasteiger partial charge in [0.15, 0.2) is 5.54 Å². The summed E-state index contributed by atoms with van der Waals surface area (Å²) in [6, 6.07) is 33.9. The van der Waals surface area contributed by atoms with Crippen molar-refractivity contribution in [3.8, 4) is 81.6 Å². The van der Waals surface area contributed by atoms with Crippen molar-refractivity contribution in [1.29, 1.82) is 0 Å². The Morgan fingerprint density at radius 3 is 1.49 bits per heavy atom. The number of hydrogen-bond donors (Lipinski definition) is 1. The fourth-order valence-electron chi connectivity index (χ4n) is 6.27. The zero-order valence-electron chi connectivity index (χ0n) is 39.1. The summed E-state index contributed by atoms with van der Waals surface area (Å²) < 4.78 is 1.91. The third kappa shape index (κ3) is 17.6. The van der Waals surface area contributed by atoms with Gasteiger partial charge in [0.2, 0.25) is 23.5 Å². The van der Waals surface area contributed by atoms with Gasteiger partial charge in [-0.1, -0.05) is 161 Å². The molecule has 1 fully saturated rings. The number of carbonyl (C=O) groups is 2. The van der Waals surface area contributed by atoms with Crippen molar-refractivity contribution in [2.75, 3.05) is 0 Å². The molecule has 0 spiro atoms. The van der Waals surface area contributed by atoms with Crippen molar-refractivity contribution < 1.29 is 28.4 Å². The Morgan fingerprint density at radius 2 is 1.17 bits per heavy atom. The van der Waals surface area contributed by atoms with Crippen LogP contribution in [0.3, 0.4) is 0 Å². The number of halogens is 4. The third-order valence-corrected chi connectivity index (χ3v) is 12.9. The van der Waals surface area contributed by atoms with E-state index >= 15 is 0 Å². The van der Waals surface area contributed by atoms with Gasteiger partial charge >= 0.3 is 18.9 Å². The van der Waals surface area contributed by atoms with E-state index in [1.54, 1.807) is 4.80 Å². The number of H-pyrrole nitrogens is 1. The maximum absolute atomic E-state index is 10.4. The van der Waals surface area contributed by atoms with Crippen LogP contribution in [0.5, 0.6) is 0 Å². The fraction of sp³-hybridized carbons (Fsp3) is 0.231. The molecule has 3 aromatic carbocycles. The molecule has 19 heteroatoms. The second kappa shape index (κ2) is 31.2. The minimum atomic E-state index is -0.774.